The fraction of sp³-hybridized carbons (Fsp3) is 0.458. The van der Waals surface area contributed by atoms with Crippen LogP contribution in [0.5, 0.6) is 11.5 Å². The van der Waals surface area contributed by atoms with E-state index in [0.29, 0.717) is 6.04 Å². The molecule has 2 aromatic rings. The van der Waals surface area contributed by atoms with Gasteiger partial charge in [-0.1, -0.05) is 36.4 Å². The standard InChI is InChI=1S/C24H28N2O3/c27-24(26-13-5-12-25(14-15-26)18-10-16-28-17-11-18)23-19-6-1-3-8-21(19)29-22-9-4-2-7-20(22)23/h1-4,6-9,18,23H,5,10-17H2. The summed E-state index contributed by atoms with van der Waals surface area (Å²) in [7, 11) is 0. The Bertz CT molecular complexity index is 832. The molecule has 0 N–H and O–H groups in total. The second-order valence-electron chi connectivity index (χ2n) is 8.17. The van der Waals surface area contributed by atoms with Crippen LogP contribution in [0.25, 0.3) is 0 Å². The van der Waals surface area contributed by atoms with Gasteiger partial charge in [-0.15, -0.1) is 0 Å². The van der Waals surface area contributed by atoms with Gasteiger partial charge in [-0.2, -0.15) is 0 Å². The largest absolute Gasteiger partial charge is 0.457 e. The minimum atomic E-state index is -0.286. The lowest BCUT2D eigenvalue weighted by molar-refractivity contribution is -0.131. The molecule has 0 spiro atoms. The maximum Gasteiger partial charge on any atom is 0.234 e. The highest BCUT2D eigenvalue weighted by molar-refractivity contribution is 5.89. The first-order chi connectivity index (χ1) is 14.3. The van der Waals surface area contributed by atoms with E-state index in [0.717, 1.165) is 81.3 Å². The number of amides is 1. The van der Waals surface area contributed by atoms with Crippen molar-refractivity contribution in [3.63, 3.8) is 0 Å². The van der Waals surface area contributed by atoms with Crippen LogP contribution < -0.4 is 4.74 Å². The molecule has 29 heavy (non-hydrogen) atoms. The summed E-state index contributed by atoms with van der Waals surface area (Å²) in [5.41, 5.74) is 1.95. The molecule has 152 valence electrons. The molecule has 0 aromatic heterocycles. The van der Waals surface area contributed by atoms with Crippen molar-refractivity contribution in [1.29, 1.82) is 0 Å². The fourth-order valence-corrected chi connectivity index (χ4v) is 4.93. The fourth-order valence-electron chi connectivity index (χ4n) is 4.93. The summed E-state index contributed by atoms with van der Waals surface area (Å²) in [5, 5.41) is 0. The molecule has 5 heteroatoms. The SMILES string of the molecule is O=C(C1c2ccccc2Oc2ccccc21)N1CCCN(C2CCOCC2)CC1. The van der Waals surface area contributed by atoms with E-state index in [1.807, 2.05) is 48.5 Å². The minimum Gasteiger partial charge on any atom is -0.457 e. The lowest BCUT2D eigenvalue weighted by atomic mass is 9.87. The quantitative estimate of drug-likeness (QED) is 0.783. The van der Waals surface area contributed by atoms with E-state index in [4.69, 9.17) is 9.47 Å². The zero-order chi connectivity index (χ0) is 19.6. The summed E-state index contributed by atoms with van der Waals surface area (Å²) in [5.74, 6) is 1.50. The molecule has 0 unspecified atom stereocenters. The van der Waals surface area contributed by atoms with Gasteiger partial charge >= 0.3 is 0 Å². The molecule has 5 nitrogen and oxygen atoms in total. The molecule has 1 amide bonds. The van der Waals surface area contributed by atoms with Crippen LogP contribution in [-0.4, -0.2) is 61.1 Å². The lowest BCUT2D eigenvalue weighted by Crippen LogP contribution is -2.43. The molecule has 0 atom stereocenters. The zero-order valence-corrected chi connectivity index (χ0v) is 16.8. The van der Waals surface area contributed by atoms with E-state index in [9.17, 15) is 4.79 Å². The van der Waals surface area contributed by atoms with Crippen molar-refractivity contribution in [2.24, 2.45) is 0 Å². The van der Waals surface area contributed by atoms with Crippen molar-refractivity contribution in [3.8, 4) is 11.5 Å². The third kappa shape index (κ3) is 3.65. The van der Waals surface area contributed by atoms with Crippen LogP contribution in [0, 0.1) is 0 Å². The lowest BCUT2D eigenvalue weighted by Gasteiger charge is -2.34. The highest BCUT2D eigenvalue weighted by atomic mass is 16.5. The van der Waals surface area contributed by atoms with Crippen LogP contribution in [0.4, 0.5) is 0 Å². The second-order valence-corrected chi connectivity index (χ2v) is 8.17. The highest BCUT2D eigenvalue weighted by Gasteiger charge is 2.36. The predicted octanol–water partition coefficient (Wildman–Crippen LogP) is 3.64. The number of fused-ring (bicyclic) bond motifs is 2. The van der Waals surface area contributed by atoms with E-state index >= 15 is 0 Å². The molecular weight excluding hydrogens is 364 g/mol. The Morgan fingerprint density at radius 3 is 2.17 bits per heavy atom. The van der Waals surface area contributed by atoms with Gasteiger partial charge in [0.15, 0.2) is 0 Å². The van der Waals surface area contributed by atoms with Crippen LogP contribution in [0.3, 0.4) is 0 Å². The highest BCUT2D eigenvalue weighted by Crippen LogP contribution is 2.44. The molecule has 0 aliphatic carbocycles. The molecule has 2 fully saturated rings. The van der Waals surface area contributed by atoms with Crippen molar-refractivity contribution in [2.45, 2.75) is 31.2 Å². The number of benzene rings is 2. The van der Waals surface area contributed by atoms with Crippen molar-refractivity contribution < 1.29 is 14.3 Å². The van der Waals surface area contributed by atoms with Crippen molar-refractivity contribution >= 4 is 5.91 Å². The number of rotatable bonds is 2. The Labute approximate surface area is 172 Å². The molecule has 0 saturated carbocycles. The number of carbonyl (C=O) groups is 1. The molecule has 3 heterocycles. The summed E-state index contributed by atoms with van der Waals surface area (Å²) >= 11 is 0. The average Bonchev–Trinajstić information content (AvgIpc) is 3.04. The number of carbonyl (C=O) groups excluding carboxylic acids is 1. The van der Waals surface area contributed by atoms with Crippen LogP contribution >= 0.6 is 0 Å². The van der Waals surface area contributed by atoms with Crippen molar-refractivity contribution in [1.82, 2.24) is 9.80 Å². The maximum atomic E-state index is 13.7. The first-order valence-electron chi connectivity index (χ1n) is 10.8. The Kier molecular flexibility index (Phi) is 5.25. The molecule has 2 saturated heterocycles. The van der Waals surface area contributed by atoms with Gasteiger partial charge in [0.1, 0.15) is 11.5 Å². The second kappa shape index (κ2) is 8.17. The van der Waals surface area contributed by atoms with E-state index < -0.39 is 0 Å². The minimum absolute atomic E-state index is 0.196. The Balaban J connectivity index is 1.38. The van der Waals surface area contributed by atoms with Crippen LogP contribution in [-0.2, 0) is 9.53 Å². The van der Waals surface area contributed by atoms with Gasteiger partial charge in [0.05, 0.1) is 5.92 Å². The van der Waals surface area contributed by atoms with Gasteiger partial charge in [0, 0.05) is 56.6 Å². The summed E-state index contributed by atoms with van der Waals surface area (Å²) in [6, 6.07) is 16.5. The number of para-hydroxylation sites is 2. The van der Waals surface area contributed by atoms with Crippen LogP contribution in [0.1, 0.15) is 36.3 Å². The van der Waals surface area contributed by atoms with Crippen LogP contribution in [0.2, 0.25) is 0 Å². The van der Waals surface area contributed by atoms with Gasteiger partial charge in [0.2, 0.25) is 5.91 Å². The number of hydrogen-bond acceptors (Lipinski definition) is 4. The number of hydrogen-bond donors (Lipinski definition) is 0. The number of nitrogens with zero attached hydrogens (tertiary/aromatic N) is 2. The third-order valence-electron chi connectivity index (χ3n) is 6.48. The Morgan fingerprint density at radius 1 is 0.828 bits per heavy atom. The van der Waals surface area contributed by atoms with E-state index in [1.54, 1.807) is 0 Å². The summed E-state index contributed by atoms with van der Waals surface area (Å²) in [6.45, 7) is 5.34. The van der Waals surface area contributed by atoms with Gasteiger partial charge in [-0.05, 0) is 31.4 Å². The molecule has 3 aliphatic rings. The third-order valence-corrected chi connectivity index (χ3v) is 6.48. The van der Waals surface area contributed by atoms with E-state index in [-0.39, 0.29) is 11.8 Å². The molecule has 5 rings (SSSR count). The normalized spacial score (nSPS) is 21.0. The van der Waals surface area contributed by atoms with Crippen molar-refractivity contribution in [3.05, 3.63) is 59.7 Å². The van der Waals surface area contributed by atoms with Gasteiger partial charge in [-0.3, -0.25) is 9.69 Å². The topological polar surface area (TPSA) is 42.0 Å². The first kappa shape index (κ1) is 18.6. The Hall–Kier alpha value is -2.37. The molecule has 2 aromatic carbocycles. The average molecular weight is 392 g/mol. The molecule has 0 bridgehead atoms. The molecule has 0 radical (unpaired) electrons. The summed E-state index contributed by atoms with van der Waals surface area (Å²) in [6.07, 6.45) is 3.24. The Morgan fingerprint density at radius 2 is 1.48 bits per heavy atom. The van der Waals surface area contributed by atoms with Gasteiger partial charge < -0.3 is 14.4 Å². The number of ether oxygens (including phenoxy) is 2. The van der Waals surface area contributed by atoms with Gasteiger partial charge in [-0.25, -0.2) is 0 Å². The molecule has 3 aliphatic heterocycles. The summed E-state index contributed by atoms with van der Waals surface area (Å²) in [4.78, 5) is 18.4. The maximum absolute atomic E-state index is 13.7. The van der Waals surface area contributed by atoms with E-state index in [2.05, 4.69) is 9.80 Å². The van der Waals surface area contributed by atoms with E-state index in [1.165, 1.54) is 0 Å². The van der Waals surface area contributed by atoms with Crippen molar-refractivity contribution in [2.75, 3.05) is 39.4 Å². The van der Waals surface area contributed by atoms with Crippen LogP contribution in [0.15, 0.2) is 48.5 Å². The first-order valence-corrected chi connectivity index (χ1v) is 10.8. The predicted molar refractivity (Wildman–Crippen MR) is 111 cm³/mol. The molecular formula is C24H28N2O3. The zero-order valence-electron chi connectivity index (χ0n) is 16.8. The monoisotopic (exact) mass is 392 g/mol. The summed E-state index contributed by atoms with van der Waals surface area (Å²) < 4.78 is 11.6. The smallest absolute Gasteiger partial charge is 0.234 e. The van der Waals surface area contributed by atoms with Gasteiger partial charge in [0.25, 0.3) is 0 Å².